The number of H-pyrrole nitrogens is 1. The van der Waals surface area contributed by atoms with Crippen LogP contribution in [0, 0.1) is 11.3 Å². The summed E-state index contributed by atoms with van der Waals surface area (Å²) in [6.45, 7) is 1.19. The van der Waals surface area contributed by atoms with Gasteiger partial charge in [-0.15, -0.1) is 24.8 Å². The standard InChI is InChI=1S/C22H25N7O2S.2ClH/c1-27(2)32(30,31)29-13-19-8-17(10-23)5-6-22(19)28(14-20-12-25-16-26-20)15-21(29)9-18-4-3-7-24-11-18;;/h3-8,11-12,16,21H,9,13-15H2,1-2H3,(H,25,26);2*1H/t21-;;/m1../s1. The third-order valence-electron chi connectivity index (χ3n) is 5.58. The number of fused-ring (bicyclic) bond motifs is 1. The number of aromatic amines is 1. The van der Waals surface area contributed by atoms with Crippen LogP contribution in [0.4, 0.5) is 5.69 Å². The molecule has 3 aromatic rings. The Labute approximate surface area is 212 Å². The lowest BCUT2D eigenvalue weighted by molar-refractivity contribution is 0.297. The molecule has 1 aliphatic heterocycles. The average molecular weight is 524 g/mol. The molecule has 1 aromatic carbocycles. The van der Waals surface area contributed by atoms with Crippen LogP contribution in [0.15, 0.2) is 55.2 Å². The highest BCUT2D eigenvalue weighted by Crippen LogP contribution is 2.32. The summed E-state index contributed by atoms with van der Waals surface area (Å²) < 4.78 is 29.5. The average Bonchev–Trinajstić information content (AvgIpc) is 3.24. The van der Waals surface area contributed by atoms with Crippen molar-refractivity contribution in [2.75, 3.05) is 25.5 Å². The van der Waals surface area contributed by atoms with Crippen molar-refractivity contribution in [1.82, 2.24) is 23.6 Å². The number of anilines is 1. The molecule has 34 heavy (non-hydrogen) atoms. The van der Waals surface area contributed by atoms with Gasteiger partial charge in [-0.2, -0.15) is 22.3 Å². The fraction of sp³-hybridized carbons (Fsp3) is 0.318. The number of rotatable bonds is 6. The van der Waals surface area contributed by atoms with Gasteiger partial charge in [0.1, 0.15) is 0 Å². The molecule has 1 aliphatic rings. The number of nitrogens with zero attached hydrogens (tertiary/aromatic N) is 6. The van der Waals surface area contributed by atoms with Gasteiger partial charge in [0, 0.05) is 57.5 Å². The molecule has 0 saturated heterocycles. The number of pyridine rings is 1. The van der Waals surface area contributed by atoms with Crippen LogP contribution in [-0.4, -0.2) is 58.7 Å². The van der Waals surface area contributed by atoms with E-state index in [0.29, 0.717) is 25.1 Å². The molecule has 9 nitrogen and oxygen atoms in total. The van der Waals surface area contributed by atoms with E-state index in [0.717, 1.165) is 22.5 Å². The van der Waals surface area contributed by atoms with Crippen LogP contribution in [-0.2, 0) is 29.7 Å². The van der Waals surface area contributed by atoms with E-state index in [2.05, 4.69) is 25.9 Å². The summed E-state index contributed by atoms with van der Waals surface area (Å²) in [5.74, 6) is 0. The zero-order valence-corrected chi connectivity index (χ0v) is 21.3. The largest absolute Gasteiger partial charge is 0.364 e. The van der Waals surface area contributed by atoms with Crippen LogP contribution < -0.4 is 4.90 Å². The Morgan fingerprint density at radius 1 is 1.21 bits per heavy atom. The minimum atomic E-state index is -3.72. The van der Waals surface area contributed by atoms with Gasteiger partial charge in [0.25, 0.3) is 10.2 Å². The lowest BCUT2D eigenvalue weighted by Gasteiger charge is -2.33. The van der Waals surface area contributed by atoms with Crippen LogP contribution in [0.2, 0.25) is 0 Å². The van der Waals surface area contributed by atoms with Crippen molar-refractivity contribution < 1.29 is 8.42 Å². The number of aromatic nitrogens is 3. The highest BCUT2D eigenvalue weighted by atomic mass is 35.5. The first-order valence-electron chi connectivity index (χ1n) is 10.2. The van der Waals surface area contributed by atoms with Crippen LogP contribution in [0.25, 0.3) is 0 Å². The van der Waals surface area contributed by atoms with E-state index in [1.54, 1.807) is 37.1 Å². The molecule has 0 fully saturated rings. The second kappa shape index (κ2) is 11.6. The number of hydrogen-bond acceptors (Lipinski definition) is 6. The number of imidazole rings is 1. The van der Waals surface area contributed by atoms with Crippen molar-refractivity contribution in [2.45, 2.75) is 25.6 Å². The second-order valence-corrected chi connectivity index (χ2v) is 10.1. The smallest absolute Gasteiger partial charge is 0.282 e. The summed E-state index contributed by atoms with van der Waals surface area (Å²) in [7, 11) is -0.648. The number of hydrogen-bond donors (Lipinski definition) is 1. The summed E-state index contributed by atoms with van der Waals surface area (Å²) in [4.78, 5) is 13.6. The van der Waals surface area contributed by atoms with Gasteiger partial charge >= 0.3 is 0 Å². The Morgan fingerprint density at radius 3 is 2.62 bits per heavy atom. The van der Waals surface area contributed by atoms with E-state index in [1.165, 1.54) is 22.7 Å². The zero-order valence-electron chi connectivity index (χ0n) is 18.8. The second-order valence-electron chi connectivity index (χ2n) is 7.97. The Hall–Kier alpha value is -2.68. The molecule has 0 amide bonds. The monoisotopic (exact) mass is 523 g/mol. The molecular formula is C22H27Cl2N7O2S. The summed E-state index contributed by atoms with van der Waals surface area (Å²) in [5.41, 5.74) is 4.08. The van der Waals surface area contributed by atoms with Crippen molar-refractivity contribution in [1.29, 1.82) is 5.26 Å². The fourth-order valence-electron chi connectivity index (χ4n) is 3.99. The van der Waals surface area contributed by atoms with Gasteiger partial charge in [0.15, 0.2) is 0 Å². The first-order chi connectivity index (χ1) is 15.4. The molecule has 4 rings (SSSR count). The quantitative estimate of drug-likeness (QED) is 0.531. The van der Waals surface area contributed by atoms with Crippen molar-refractivity contribution in [2.24, 2.45) is 0 Å². The Kier molecular flexibility index (Phi) is 9.44. The van der Waals surface area contributed by atoms with Crippen molar-refractivity contribution in [3.63, 3.8) is 0 Å². The minimum absolute atomic E-state index is 0. The van der Waals surface area contributed by atoms with Crippen LogP contribution in [0.1, 0.15) is 22.4 Å². The SMILES string of the molecule is CN(C)S(=O)(=O)N1Cc2cc(C#N)ccc2N(Cc2cnc[nH]2)C[C@H]1Cc1cccnc1.Cl.Cl. The van der Waals surface area contributed by atoms with Gasteiger partial charge in [0.05, 0.1) is 30.2 Å². The third kappa shape index (κ3) is 5.87. The zero-order chi connectivity index (χ0) is 22.7. The van der Waals surface area contributed by atoms with E-state index < -0.39 is 10.2 Å². The Balaban J connectivity index is 0.00000204. The number of halogens is 2. The molecule has 0 saturated carbocycles. The lowest BCUT2D eigenvalue weighted by atomic mass is 10.1. The first kappa shape index (κ1) is 27.6. The van der Waals surface area contributed by atoms with Gasteiger partial charge in [-0.1, -0.05) is 6.07 Å². The highest BCUT2D eigenvalue weighted by molar-refractivity contribution is 7.86. The molecular weight excluding hydrogens is 497 g/mol. The molecule has 0 radical (unpaired) electrons. The molecule has 1 atom stereocenters. The molecule has 0 spiro atoms. The van der Waals surface area contributed by atoms with Gasteiger partial charge in [-0.25, -0.2) is 4.98 Å². The highest BCUT2D eigenvalue weighted by Gasteiger charge is 2.37. The molecule has 0 aliphatic carbocycles. The van der Waals surface area contributed by atoms with Gasteiger partial charge in [0.2, 0.25) is 0 Å². The first-order valence-corrected chi connectivity index (χ1v) is 11.6. The predicted octanol–water partition coefficient (Wildman–Crippen LogP) is 2.76. The lowest BCUT2D eigenvalue weighted by Crippen LogP contribution is -2.49. The maximum Gasteiger partial charge on any atom is 0.282 e. The predicted molar refractivity (Wildman–Crippen MR) is 135 cm³/mol. The van der Waals surface area contributed by atoms with E-state index in [-0.39, 0.29) is 37.4 Å². The van der Waals surface area contributed by atoms with E-state index in [9.17, 15) is 13.7 Å². The van der Waals surface area contributed by atoms with Crippen LogP contribution >= 0.6 is 24.8 Å². The van der Waals surface area contributed by atoms with Crippen LogP contribution in [0.3, 0.4) is 0 Å². The topological polar surface area (TPSA) is 109 Å². The summed E-state index contributed by atoms with van der Waals surface area (Å²) in [6, 6.07) is 11.1. The Bertz CT molecular complexity index is 1220. The van der Waals surface area contributed by atoms with E-state index in [1.807, 2.05) is 18.2 Å². The molecule has 0 unspecified atom stereocenters. The molecule has 1 N–H and O–H groups in total. The normalized spacial score (nSPS) is 16.1. The van der Waals surface area contributed by atoms with E-state index in [4.69, 9.17) is 0 Å². The van der Waals surface area contributed by atoms with Crippen molar-refractivity contribution in [3.05, 3.63) is 77.6 Å². The number of benzene rings is 1. The minimum Gasteiger partial charge on any atom is -0.364 e. The van der Waals surface area contributed by atoms with Gasteiger partial charge in [-0.05, 0) is 41.8 Å². The summed E-state index contributed by atoms with van der Waals surface area (Å²) >= 11 is 0. The van der Waals surface area contributed by atoms with Gasteiger partial charge in [-0.3, -0.25) is 4.98 Å². The number of nitrogens with one attached hydrogen (secondary N) is 1. The third-order valence-corrected chi connectivity index (χ3v) is 7.52. The van der Waals surface area contributed by atoms with Crippen molar-refractivity contribution >= 4 is 40.7 Å². The molecule has 12 heteroatoms. The number of nitriles is 1. The molecule has 2 aromatic heterocycles. The van der Waals surface area contributed by atoms with E-state index >= 15 is 0 Å². The summed E-state index contributed by atoms with van der Waals surface area (Å²) in [6.07, 6.45) is 7.38. The maximum absolute atomic E-state index is 13.4. The van der Waals surface area contributed by atoms with Gasteiger partial charge < -0.3 is 9.88 Å². The maximum atomic E-state index is 13.4. The van der Waals surface area contributed by atoms with Crippen molar-refractivity contribution in [3.8, 4) is 6.07 Å². The fourth-order valence-corrected chi connectivity index (χ4v) is 5.23. The molecule has 3 heterocycles. The Morgan fingerprint density at radius 2 is 2.00 bits per heavy atom. The molecule has 182 valence electrons. The van der Waals surface area contributed by atoms with Crippen LogP contribution in [0.5, 0.6) is 0 Å². The molecule has 0 bridgehead atoms. The summed E-state index contributed by atoms with van der Waals surface area (Å²) in [5, 5.41) is 9.42.